The molecule has 0 N–H and O–H groups in total. The van der Waals surface area contributed by atoms with Gasteiger partial charge in [0.15, 0.2) is 0 Å². The molecule has 0 amide bonds. The van der Waals surface area contributed by atoms with E-state index in [1.165, 1.54) is 54.6 Å². The molecule has 2 nitrogen and oxygen atoms in total. The number of para-hydroxylation sites is 2. The maximum Gasteiger partial charge on any atom is 0.143 e. The van der Waals surface area contributed by atoms with Gasteiger partial charge in [-0.15, -0.1) is 0 Å². The van der Waals surface area contributed by atoms with Crippen LogP contribution in [-0.2, 0) is 0 Å². The van der Waals surface area contributed by atoms with Gasteiger partial charge in [-0.1, -0.05) is 158 Å². The fourth-order valence-corrected chi connectivity index (χ4v) is 9.20. The van der Waals surface area contributed by atoms with Gasteiger partial charge in [-0.2, -0.15) is 0 Å². The van der Waals surface area contributed by atoms with Gasteiger partial charge >= 0.3 is 0 Å². The van der Waals surface area contributed by atoms with Crippen molar-refractivity contribution in [2.45, 2.75) is 0 Å². The lowest BCUT2D eigenvalue weighted by atomic mass is 9.84. The van der Waals surface area contributed by atoms with Crippen LogP contribution in [0.1, 0.15) is 0 Å². The van der Waals surface area contributed by atoms with Crippen LogP contribution in [0.4, 0.5) is 0 Å². The van der Waals surface area contributed by atoms with Crippen molar-refractivity contribution in [1.82, 2.24) is 0 Å². The van der Waals surface area contributed by atoms with E-state index < -0.39 is 0 Å². The van der Waals surface area contributed by atoms with Crippen molar-refractivity contribution in [1.29, 1.82) is 0 Å². The predicted octanol–water partition coefficient (Wildman–Crippen LogP) is 15.6. The summed E-state index contributed by atoms with van der Waals surface area (Å²) in [5, 5.41) is 11.9. The molecule has 10 aromatic carbocycles. The van der Waals surface area contributed by atoms with Gasteiger partial charge in [0.2, 0.25) is 0 Å². The van der Waals surface area contributed by atoms with Crippen molar-refractivity contribution in [3.63, 3.8) is 0 Å². The fraction of sp³-hybridized carbons (Fsp3) is 0. The zero-order chi connectivity index (χ0) is 36.7. The number of rotatable bonds is 4. The Labute approximate surface area is 322 Å². The highest BCUT2D eigenvalue weighted by Gasteiger charge is 2.21. The van der Waals surface area contributed by atoms with Gasteiger partial charge < -0.3 is 8.83 Å². The molecule has 0 aliphatic carbocycles. The summed E-state index contributed by atoms with van der Waals surface area (Å²) < 4.78 is 13.1. The van der Waals surface area contributed by atoms with E-state index in [2.05, 4.69) is 176 Å². The SMILES string of the molecule is c1cc(-c2c3ccccc3c(-c3cccc4ccccc34)c3ccccc23)cc(-c2ccc(-c3ccc4c(c3)oc3ccccc34)c3c2oc2ccccc23)c1. The molecule has 260 valence electrons. The standard InChI is InChI=1S/C54H32O2/c1-2-17-37-33(13-1)14-12-24-42(37)52-45-21-5-3-19-43(45)51(44-20-4-6-22-46(44)52)36-16-11-15-34(31-36)39-30-29-38(53-47-23-8-10-26-49(47)56-54(39)53)35-27-28-41-40-18-7-9-25-48(40)55-50(41)32-35/h1-32H. The van der Waals surface area contributed by atoms with Crippen LogP contribution in [0.15, 0.2) is 203 Å². The van der Waals surface area contributed by atoms with Crippen LogP contribution in [0.5, 0.6) is 0 Å². The van der Waals surface area contributed by atoms with Gasteiger partial charge in [0.05, 0.1) is 0 Å². The number of furan rings is 2. The molecule has 0 unspecified atom stereocenters. The van der Waals surface area contributed by atoms with E-state index in [0.717, 1.165) is 66.1 Å². The smallest absolute Gasteiger partial charge is 0.143 e. The molecule has 0 saturated carbocycles. The Morgan fingerprint density at radius 2 is 0.804 bits per heavy atom. The van der Waals surface area contributed by atoms with E-state index in [1.807, 2.05) is 18.2 Å². The molecule has 56 heavy (non-hydrogen) atoms. The van der Waals surface area contributed by atoms with E-state index in [9.17, 15) is 0 Å². The predicted molar refractivity (Wildman–Crippen MR) is 235 cm³/mol. The lowest BCUT2D eigenvalue weighted by molar-refractivity contribution is 0.668. The molecule has 0 spiro atoms. The Morgan fingerprint density at radius 3 is 1.57 bits per heavy atom. The minimum absolute atomic E-state index is 0.873. The second kappa shape index (κ2) is 12.0. The zero-order valence-electron chi connectivity index (χ0n) is 30.3. The third-order valence-electron chi connectivity index (χ3n) is 11.7. The first-order valence-corrected chi connectivity index (χ1v) is 19.2. The van der Waals surface area contributed by atoms with Gasteiger partial charge in [-0.25, -0.2) is 0 Å². The normalized spacial score (nSPS) is 11.9. The molecular weight excluding hydrogens is 681 g/mol. The molecule has 2 heteroatoms. The average molecular weight is 713 g/mol. The number of fused-ring (bicyclic) bond motifs is 9. The highest BCUT2D eigenvalue weighted by atomic mass is 16.3. The first-order chi connectivity index (χ1) is 27.8. The van der Waals surface area contributed by atoms with Crippen LogP contribution >= 0.6 is 0 Å². The second-order valence-electron chi connectivity index (χ2n) is 14.7. The lowest BCUT2D eigenvalue weighted by Gasteiger charge is -2.19. The minimum atomic E-state index is 0.873. The van der Waals surface area contributed by atoms with Crippen LogP contribution < -0.4 is 0 Å². The largest absolute Gasteiger partial charge is 0.456 e. The molecule has 12 aromatic rings. The van der Waals surface area contributed by atoms with Crippen LogP contribution in [-0.4, -0.2) is 0 Å². The monoisotopic (exact) mass is 712 g/mol. The Kier molecular flexibility index (Phi) is 6.66. The molecule has 0 saturated heterocycles. The van der Waals surface area contributed by atoms with Crippen molar-refractivity contribution in [2.24, 2.45) is 0 Å². The Balaban J connectivity index is 1.08. The zero-order valence-corrected chi connectivity index (χ0v) is 30.3. The van der Waals surface area contributed by atoms with Gasteiger partial charge in [0.1, 0.15) is 22.3 Å². The summed E-state index contributed by atoms with van der Waals surface area (Å²) in [4.78, 5) is 0. The lowest BCUT2D eigenvalue weighted by Crippen LogP contribution is -1.92. The van der Waals surface area contributed by atoms with E-state index in [1.54, 1.807) is 0 Å². The summed E-state index contributed by atoms with van der Waals surface area (Å²) >= 11 is 0. The van der Waals surface area contributed by atoms with Crippen molar-refractivity contribution in [3.05, 3.63) is 194 Å². The Bertz CT molecular complexity index is 3480. The summed E-state index contributed by atoms with van der Waals surface area (Å²) in [6.07, 6.45) is 0. The first kappa shape index (κ1) is 31.0. The van der Waals surface area contributed by atoms with E-state index >= 15 is 0 Å². The summed E-state index contributed by atoms with van der Waals surface area (Å²) in [5.41, 5.74) is 12.8. The maximum atomic E-state index is 6.80. The van der Waals surface area contributed by atoms with Gasteiger partial charge in [0, 0.05) is 27.1 Å². The van der Waals surface area contributed by atoms with Gasteiger partial charge in [0.25, 0.3) is 0 Å². The van der Waals surface area contributed by atoms with Gasteiger partial charge in [-0.3, -0.25) is 0 Å². The molecule has 0 atom stereocenters. The van der Waals surface area contributed by atoms with Crippen LogP contribution in [0.2, 0.25) is 0 Å². The van der Waals surface area contributed by atoms with Crippen LogP contribution in [0.25, 0.3) is 121 Å². The third kappa shape index (κ3) is 4.57. The van der Waals surface area contributed by atoms with Gasteiger partial charge in [-0.05, 0) is 108 Å². The van der Waals surface area contributed by atoms with E-state index in [-0.39, 0.29) is 0 Å². The van der Waals surface area contributed by atoms with E-state index in [4.69, 9.17) is 8.83 Å². The molecular formula is C54H32O2. The quantitative estimate of drug-likeness (QED) is 0.170. The number of benzene rings is 10. The third-order valence-corrected chi connectivity index (χ3v) is 11.7. The molecule has 12 rings (SSSR count). The molecule has 0 bridgehead atoms. The van der Waals surface area contributed by atoms with Crippen molar-refractivity contribution >= 4 is 76.2 Å². The number of hydrogen-bond donors (Lipinski definition) is 0. The molecule has 2 aromatic heterocycles. The second-order valence-corrected chi connectivity index (χ2v) is 14.7. The van der Waals surface area contributed by atoms with E-state index in [0.29, 0.717) is 0 Å². The highest BCUT2D eigenvalue weighted by molar-refractivity contribution is 6.24. The first-order valence-electron chi connectivity index (χ1n) is 19.2. The summed E-state index contributed by atoms with van der Waals surface area (Å²) in [5.74, 6) is 0. The molecule has 0 fully saturated rings. The number of hydrogen-bond acceptors (Lipinski definition) is 2. The average Bonchev–Trinajstić information content (AvgIpc) is 3.84. The topological polar surface area (TPSA) is 26.3 Å². The molecule has 0 aliphatic rings. The summed E-state index contributed by atoms with van der Waals surface area (Å²) in [6, 6.07) is 69.8. The highest BCUT2D eigenvalue weighted by Crippen LogP contribution is 2.47. The van der Waals surface area contributed by atoms with Crippen molar-refractivity contribution < 1.29 is 8.83 Å². The minimum Gasteiger partial charge on any atom is -0.456 e. The summed E-state index contributed by atoms with van der Waals surface area (Å²) in [7, 11) is 0. The maximum absolute atomic E-state index is 6.80. The molecule has 2 heterocycles. The molecule has 0 radical (unpaired) electrons. The Morgan fingerprint density at radius 1 is 0.268 bits per heavy atom. The Hall–Kier alpha value is -7.42. The van der Waals surface area contributed by atoms with Crippen molar-refractivity contribution in [3.8, 4) is 44.5 Å². The van der Waals surface area contributed by atoms with Crippen LogP contribution in [0.3, 0.4) is 0 Å². The molecule has 0 aliphatic heterocycles. The van der Waals surface area contributed by atoms with Crippen molar-refractivity contribution in [2.75, 3.05) is 0 Å². The fourth-order valence-electron chi connectivity index (χ4n) is 9.20. The summed E-state index contributed by atoms with van der Waals surface area (Å²) in [6.45, 7) is 0. The van der Waals surface area contributed by atoms with Crippen LogP contribution in [0, 0.1) is 0 Å².